The number of nitrogens with zero attached hydrogens (tertiary/aromatic N) is 1. The van der Waals surface area contributed by atoms with Crippen LogP contribution < -0.4 is 4.90 Å². The molecule has 3 rings (SSSR count). The molecule has 0 aliphatic carbocycles. The van der Waals surface area contributed by atoms with Crippen LogP contribution in [0.1, 0.15) is 70.9 Å². The Labute approximate surface area is 156 Å². The molecular weight excluding hydrogens is 330 g/mol. The third-order valence-corrected chi connectivity index (χ3v) is 6.12. The van der Waals surface area contributed by atoms with Gasteiger partial charge in [0.2, 0.25) is 0 Å². The van der Waals surface area contributed by atoms with Crippen molar-refractivity contribution in [1.29, 1.82) is 0 Å². The summed E-state index contributed by atoms with van der Waals surface area (Å²) in [6.45, 7) is 14.1. The molecule has 0 radical (unpaired) electrons. The summed E-state index contributed by atoms with van der Waals surface area (Å²) in [6, 6.07) is 8.39. The fourth-order valence-corrected chi connectivity index (χ4v) is 4.21. The van der Waals surface area contributed by atoms with E-state index in [9.17, 15) is 5.11 Å². The molecular formula is C22H30ClNO. The third-order valence-electron chi connectivity index (χ3n) is 5.50. The lowest BCUT2D eigenvalue weighted by atomic mass is 9.89. The second-order valence-electron chi connectivity index (χ2n) is 8.60. The van der Waals surface area contributed by atoms with Gasteiger partial charge >= 0.3 is 0 Å². The van der Waals surface area contributed by atoms with Gasteiger partial charge in [-0.05, 0) is 49.6 Å². The highest BCUT2D eigenvalue weighted by Gasteiger charge is 2.39. The van der Waals surface area contributed by atoms with E-state index in [1.54, 1.807) is 0 Å². The summed E-state index contributed by atoms with van der Waals surface area (Å²) < 4.78 is 0. The smallest absolute Gasteiger partial charge is 0.125 e. The maximum Gasteiger partial charge on any atom is 0.125 e. The summed E-state index contributed by atoms with van der Waals surface area (Å²) in [6.07, 6.45) is 0.940. The zero-order chi connectivity index (χ0) is 18.5. The minimum absolute atomic E-state index is 0.0103. The average molecular weight is 360 g/mol. The van der Waals surface area contributed by atoms with E-state index >= 15 is 0 Å². The topological polar surface area (TPSA) is 23.5 Å². The number of phenols is 1. The molecule has 1 N–H and O–H groups in total. The molecule has 0 bridgehead atoms. The first-order chi connectivity index (χ1) is 11.6. The molecule has 2 unspecified atom stereocenters. The minimum atomic E-state index is -0.0103. The third kappa shape index (κ3) is 3.10. The monoisotopic (exact) mass is 359 g/mol. The van der Waals surface area contributed by atoms with Crippen LogP contribution in [0, 0.1) is 0 Å². The maximum absolute atomic E-state index is 10.7. The molecule has 136 valence electrons. The highest BCUT2D eigenvalue weighted by molar-refractivity contribution is 6.21. The molecule has 0 spiro atoms. The Hall–Kier alpha value is -1.41. The molecule has 0 aromatic heterocycles. The van der Waals surface area contributed by atoms with Crippen LogP contribution in [0.25, 0.3) is 10.8 Å². The van der Waals surface area contributed by atoms with Gasteiger partial charge in [0.25, 0.3) is 0 Å². The van der Waals surface area contributed by atoms with Crippen molar-refractivity contribution >= 4 is 28.1 Å². The molecule has 25 heavy (non-hydrogen) atoms. The minimum Gasteiger partial charge on any atom is -0.507 e. The van der Waals surface area contributed by atoms with Crippen LogP contribution in [0.15, 0.2) is 24.3 Å². The molecule has 0 saturated carbocycles. The fourth-order valence-electron chi connectivity index (χ4n) is 4.00. The summed E-state index contributed by atoms with van der Waals surface area (Å²) >= 11 is 6.77. The highest BCUT2D eigenvalue weighted by atomic mass is 35.5. The van der Waals surface area contributed by atoms with Crippen molar-refractivity contribution < 1.29 is 5.11 Å². The van der Waals surface area contributed by atoms with Gasteiger partial charge in [-0.1, -0.05) is 39.0 Å². The number of hydrogen-bond donors (Lipinski definition) is 1. The van der Waals surface area contributed by atoms with Crippen molar-refractivity contribution in [1.82, 2.24) is 0 Å². The molecule has 0 saturated heterocycles. The Bertz CT molecular complexity index is 791. The first kappa shape index (κ1) is 18.4. The molecule has 1 aliphatic rings. The first-order valence-electron chi connectivity index (χ1n) is 9.36. The van der Waals surface area contributed by atoms with Crippen molar-refractivity contribution in [2.24, 2.45) is 0 Å². The number of aromatic hydroxyl groups is 1. The van der Waals surface area contributed by atoms with Crippen molar-refractivity contribution in [3.05, 3.63) is 35.4 Å². The lowest BCUT2D eigenvalue weighted by Crippen LogP contribution is -2.41. The molecule has 2 nitrogen and oxygen atoms in total. The molecule has 0 amide bonds. The van der Waals surface area contributed by atoms with Gasteiger partial charge in [0.15, 0.2) is 0 Å². The van der Waals surface area contributed by atoms with Crippen molar-refractivity contribution in [2.75, 3.05) is 11.4 Å². The number of anilines is 1. The first-order valence-corrected chi connectivity index (χ1v) is 9.80. The normalized spacial score (nSPS) is 18.9. The summed E-state index contributed by atoms with van der Waals surface area (Å²) in [5.41, 5.74) is 3.74. The van der Waals surface area contributed by atoms with E-state index in [1.165, 1.54) is 11.1 Å². The zero-order valence-electron chi connectivity index (χ0n) is 16.2. The molecule has 3 heteroatoms. The maximum atomic E-state index is 10.7. The number of hydrogen-bond acceptors (Lipinski definition) is 2. The van der Waals surface area contributed by atoms with Gasteiger partial charge in [-0.25, -0.2) is 0 Å². The number of rotatable bonds is 3. The van der Waals surface area contributed by atoms with Crippen LogP contribution in [-0.2, 0) is 0 Å². The lowest BCUT2D eigenvalue weighted by molar-refractivity contribution is 0.478. The van der Waals surface area contributed by atoms with Crippen LogP contribution in [0.5, 0.6) is 5.75 Å². The number of fused-ring (bicyclic) bond motifs is 3. The number of phenolic OH excluding ortho intramolecular Hbond substituents is 1. The number of halogens is 1. The van der Waals surface area contributed by atoms with Crippen LogP contribution in [-0.4, -0.2) is 22.6 Å². The van der Waals surface area contributed by atoms with E-state index in [4.69, 9.17) is 11.6 Å². The van der Waals surface area contributed by atoms with E-state index < -0.39 is 0 Å². The van der Waals surface area contributed by atoms with Gasteiger partial charge in [0, 0.05) is 40.5 Å². The van der Waals surface area contributed by atoms with Crippen molar-refractivity contribution in [2.45, 2.75) is 70.7 Å². The van der Waals surface area contributed by atoms with E-state index in [0.717, 1.165) is 29.4 Å². The van der Waals surface area contributed by atoms with E-state index in [0.29, 0.717) is 11.7 Å². The summed E-state index contributed by atoms with van der Waals surface area (Å²) in [5, 5.41) is 12.9. The second kappa shape index (κ2) is 6.39. The highest BCUT2D eigenvalue weighted by Crippen LogP contribution is 2.49. The summed E-state index contributed by atoms with van der Waals surface area (Å²) in [4.78, 5) is 2.40. The Balaban J connectivity index is 2.32. The van der Waals surface area contributed by atoms with Gasteiger partial charge in [-0.2, -0.15) is 0 Å². The molecule has 2 aromatic rings. The number of alkyl halides is 1. The summed E-state index contributed by atoms with van der Waals surface area (Å²) in [5.74, 6) is 1.10. The van der Waals surface area contributed by atoms with Gasteiger partial charge < -0.3 is 10.0 Å². The predicted octanol–water partition coefficient (Wildman–Crippen LogP) is 6.39. The summed E-state index contributed by atoms with van der Waals surface area (Å²) in [7, 11) is 0. The molecule has 2 aromatic carbocycles. The second-order valence-corrected chi connectivity index (χ2v) is 9.16. The van der Waals surface area contributed by atoms with E-state index in [-0.39, 0.29) is 16.8 Å². The molecule has 1 heterocycles. The van der Waals surface area contributed by atoms with Crippen LogP contribution >= 0.6 is 11.6 Å². The lowest BCUT2D eigenvalue weighted by Gasteiger charge is -2.35. The van der Waals surface area contributed by atoms with Crippen LogP contribution in [0.3, 0.4) is 0 Å². The fraction of sp³-hybridized carbons (Fsp3) is 0.545. The van der Waals surface area contributed by atoms with Crippen LogP contribution in [0.4, 0.5) is 5.69 Å². The van der Waals surface area contributed by atoms with E-state index in [2.05, 4.69) is 64.6 Å². The van der Waals surface area contributed by atoms with E-state index in [1.807, 2.05) is 6.07 Å². The Morgan fingerprint density at radius 1 is 1.20 bits per heavy atom. The molecule has 0 fully saturated rings. The van der Waals surface area contributed by atoms with Gasteiger partial charge in [0.1, 0.15) is 5.75 Å². The quantitative estimate of drug-likeness (QED) is 0.642. The zero-order valence-corrected chi connectivity index (χ0v) is 17.0. The Kier molecular flexibility index (Phi) is 4.70. The average Bonchev–Trinajstić information content (AvgIpc) is 2.93. The van der Waals surface area contributed by atoms with Gasteiger partial charge in [0.05, 0.1) is 0 Å². The predicted molar refractivity (Wildman–Crippen MR) is 109 cm³/mol. The van der Waals surface area contributed by atoms with Crippen molar-refractivity contribution in [3.63, 3.8) is 0 Å². The van der Waals surface area contributed by atoms with Gasteiger partial charge in [-0.3, -0.25) is 0 Å². The Morgan fingerprint density at radius 3 is 2.44 bits per heavy atom. The number of benzene rings is 2. The van der Waals surface area contributed by atoms with Crippen LogP contribution in [0.2, 0.25) is 0 Å². The van der Waals surface area contributed by atoms with Gasteiger partial charge in [-0.15, -0.1) is 11.6 Å². The largest absolute Gasteiger partial charge is 0.507 e. The SMILES string of the molecule is CCC(Cl)C1CN(C(C)(C)C)c2cc(O)c3ccc(C(C)C)cc3c21. The Morgan fingerprint density at radius 2 is 1.88 bits per heavy atom. The van der Waals surface area contributed by atoms with Crippen molar-refractivity contribution in [3.8, 4) is 5.75 Å². The standard InChI is InChI=1S/C22H30ClNO/c1-7-18(23)17-12-24(22(4,5)6)19-11-20(25)15-9-8-14(13(2)3)10-16(15)21(17)19/h8-11,13,17-18,25H,7,12H2,1-6H3. The molecule has 1 aliphatic heterocycles. The molecule has 2 atom stereocenters.